The van der Waals surface area contributed by atoms with Gasteiger partial charge in [-0.3, -0.25) is 10.1 Å². The van der Waals surface area contributed by atoms with Crippen molar-refractivity contribution in [1.82, 2.24) is 20.1 Å². The Hall–Kier alpha value is -2.12. The van der Waals surface area contributed by atoms with E-state index in [1.165, 1.54) is 0 Å². The molecule has 0 radical (unpaired) electrons. The maximum absolute atomic E-state index is 12.9. The van der Waals surface area contributed by atoms with Gasteiger partial charge in [-0.15, -0.1) is 12.4 Å². The molecule has 1 saturated heterocycles. The molecule has 0 aliphatic carbocycles. The van der Waals surface area contributed by atoms with Gasteiger partial charge >= 0.3 is 0 Å². The monoisotopic (exact) mass is 420 g/mol. The Morgan fingerprint density at radius 1 is 1.28 bits per heavy atom. The molecule has 1 fully saturated rings. The van der Waals surface area contributed by atoms with E-state index in [0.29, 0.717) is 17.4 Å². The molecule has 2 aromatic rings. The number of nitrogens with zero attached hydrogens (tertiary/aromatic N) is 3. The van der Waals surface area contributed by atoms with Crippen LogP contribution in [-0.2, 0) is 7.05 Å². The highest BCUT2D eigenvalue weighted by Gasteiger charge is 2.22. The van der Waals surface area contributed by atoms with Crippen molar-refractivity contribution in [1.29, 1.82) is 0 Å². The molecule has 2 heterocycles. The van der Waals surface area contributed by atoms with Gasteiger partial charge in [0.25, 0.3) is 5.91 Å². The van der Waals surface area contributed by atoms with Crippen molar-refractivity contribution in [3.8, 4) is 0 Å². The standard InChI is InChI=1S/C21H32N6O.ClH/c1-14-16(7-6-8-17(14)23-13-21(2,3)4)19(28)25-20-24-18(26-27(20)5)15-9-11-22-12-10-15;/h6-8,15,22-23H,9-13H2,1-5H3,(H,24,25,26,28);1H. The van der Waals surface area contributed by atoms with E-state index in [2.05, 4.69) is 46.8 Å². The fourth-order valence-corrected chi connectivity index (χ4v) is 3.37. The van der Waals surface area contributed by atoms with Crippen LogP contribution < -0.4 is 16.0 Å². The summed E-state index contributed by atoms with van der Waals surface area (Å²) in [5, 5.41) is 14.3. The van der Waals surface area contributed by atoms with Crippen LogP contribution in [0.4, 0.5) is 11.6 Å². The predicted molar refractivity (Wildman–Crippen MR) is 120 cm³/mol. The number of aromatic nitrogens is 3. The van der Waals surface area contributed by atoms with E-state index in [1.54, 1.807) is 4.68 Å². The smallest absolute Gasteiger partial charge is 0.258 e. The van der Waals surface area contributed by atoms with Crippen molar-refractivity contribution in [3.05, 3.63) is 35.2 Å². The number of piperidine rings is 1. The lowest BCUT2D eigenvalue weighted by molar-refractivity contribution is 0.102. The van der Waals surface area contributed by atoms with Gasteiger partial charge in [-0.25, -0.2) is 4.68 Å². The van der Waals surface area contributed by atoms with Crippen LogP contribution in [0.5, 0.6) is 0 Å². The number of carbonyl (C=O) groups excluding carboxylic acids is 1. The highest BCUT2D eigenvalue weighted by atomic mass is 35.5. The zero-order chi connectivity index (χ0) is 20.3. The van der Waals surface area contributed by atoms with Crippen LogP contribution in [-0.4, -0.2) is 40.3 Å². The van der Waals surface area contributed by atoms with Crippen LogP contribution in [0, 0.1) is 12.3 Å². The van der Waals surface area contributed by atoms with E-state index in [0.717, 1.165) is 49.6 Å². The summed E-state index contributed by atoms with van der Waals surface area (Å²) in [7, 11) is 1.82. The van der Waals surface area contributed by atoms with E-state index < -0.39 is 0 Å². The zero-order valence-electron chi connectivity index (χ0n) is 18.0. The lowest BCUT2D eigenvalue weighted by Gasteiger charge is -2.21. The molecule has 7 nitrogen and oxygen atoms in total. The van der Waals surface area contributed by atoms with E-state index in [-0.39, 0.29) is 23.7 Å². The van der Waals surface area contributed by atoms with Gasteiger partial charge in [0.05, 0.1) is 0 Å². The Morgan fingerprint density at radius 3 is 2.62 bits per heavy atom. The third-order valence-corrected chi connectivity index (χ3v) is 5.10. The molecular formula is C21H33ClN6O. The van der Waals surface area contributed by atoms with E-state index in [1.807, 2.05) is 32.2 Å². The van der Waals surface area contributed by atoms with Gasteiger partial charge in [0.15, 0.2) is 5.82 Å². The second-order valence-corrected chi connectivity index (χ2v) is 8.79. The summed E-state index contributed by atoms with van der Waals surface area (Å²) >= 11 is 0. The van der Waals surface area contributed by atoms with Crippen molar-refractivity contribution in [2.45, 2.75) is 46.5 Å². The molecule has 3 rings (SSSR count). The lowest BCUT2D eigenvalue weighted by atomic mass is 9.96. The number of amides is 1. The first-order valence-electron chi connectivity index (χ1n) is 10.0. The van der Waals surface area contributed by atoms with E-state index in [4.69, 9.17) is 0 Å². The summed E-state index contributed by atoms with van der Waals surface area (Å²) in [6.45, 7) is 11.3. The van der Waals surface area contributed by atoms with Crippen LogP contribution in [0.15, 0.2) is 18.2 Å². The quantitative estimate of drug-likeness (QED) is 0.686. The third-order valence-electron chi connectivity index (χ3n) is 5.10. The van der Waals surface area contributed by atoms with Crippen LogP contribution in [0.3, 0.4) is 0 Å². The van der Waals surface area contributed by atoms with Gasteiger partial charge in [-0.1, -0.05) is 26.8 Å². The fraction of sp³-hybridized carbons (Fsp3) is 0.571. The Kier molecular flexibility index (Phi) is 7.66. The van der Waals surface area contributed by atoms with Gasteiger partial charge in [0.1, 0.15) is 0 Å². The summed E-state index contributed by atoms with van der Waals surface area (Å²) in [4.78, 5) is 17.5. The van der Waals surface area contributed by atoms with Gasteiger partial charge in [-0.2, -0.15) is 10.1 Å². The molecule has 0 bridgehead atoms. The van der Waals surface area contributed by atoms with Crippen LogP contribution in [0.1, 0.15) is 61.3 Å². The second-order valence-electron chi connectivity index (χ2n) is 8.79. The van der Waals surface area contributed by atoms with Crippen LogP contribution >= 0.6 is 12.4 Å². The number of carbonyl (C=O) groups is 1. The maximum atomic E-state index is 12.9. The molecule has 1 aromatic heterocycles. The topological polar surface area (TPSA) is 83.9 Å². The molecule has 0 unspecified atom stereocenters. The minimum atomic E-state index is -0.163. The average molecular weight is 421 g/mol. The molecule has 1 amide bonds. The normalized spacial score (nSPS) is 14.9. The number of anilines is 2. The molecule has 0 saturated carbocycles. The number of hydrogen-bond acceptors (Lipinski definition) is 5. The van der Waals surface area contributed by atoms with E-state index >= 15 is 0 Å². The molecule has 160 valence electrons. The zero-order valence-corrected chi connectivity index (χ0v) is 18.8. The number of rotatable bonds is 5. The minimum Gasteiger partial charge on any atom is -0.384 e. The molecule has 1 aliphatic rings. The van der Waals surface area contributed by atoms with Gasteiger partial charge < -0.3 is 10.6 Å². The molecule has 0 atom stereocenters. The first kappa shape index (κ1) is 23.2. The Balaban J connectivity index is 0.00000300. The average Bonchev–Trinajstić information content (AvgIpc) is 3.01. The lowest BCUT2D eigenvalue weighted by Crippen LogP contribution is -2.27. The van der Waals surface area contributed by atoms with Crippen LogP contribution in [0.2, 0.25) is 0 Å². The molecule has 8 heteroatoms. The van der Waals surface area contributed by atoms with Crippen LogP contribution in [0.25, 0.3) is 0 Å². The first-order valence-corrected chi connectivity index (χ1v) is 10.0. The minimum absolute atomic E-state index is 0. The fourth-order valence-electron chi connectivity index (χ4n) is 3.37. The number of halogens is 1. The molecule has 3 N–H and O–H groups in total. The molecule has 1 aromatic carbocycles. The van der Waals surface area contributed by atoms with Gasteiger partial charge in [0.2, 0.25) is 5.95 Å². The second kappa shape index (κ2) is 9.59. The molecule has 29 heavy (non-hydrogen) atoms. The first-order chi connectivity index (χ1) is 13.2. The Labute approximate surface area is 179 Å². The van der Waals surface area contributed by atoms with Crippen molar-refractivity contribution in [3.63, 3.8) is 0 Å². The predicted octanol–water partition coefficient (Wildman–Crippen LogP) is 3.72. The number of hydrogen-bond donors (Lipinski definition) is 3. The molecule has 1 aliphatic heterocycles. The van der Waals surface area contributed by atoms with Crippen molar-refractivity contribution in [2.75, 3.05) is 30.3 Å². The van der Waals surface area contributed by atoms with Crippen molar-refractivity contribution >= 4 is 29.9 Å². The third kappa shape index (κ3) is 5.93. The summed E-state index contributed by atoms with van der Waals surface area (Å²) in [6, 6.07) is 5.76. The molecule has 0 spiro atoms. The SMILES string of the molecule is Cc1c(NCC(C)(C)C)cccc1C(=O)Nc1nc(C2CCNCC2)nn1C.Cl. The highest BCUT2D eigenvalue weighted by molar-refractivity contribution is 6.05. The summed E-state index contributed by atoms with van der Waals surface area (Å²) < 4.78 is 1.66. The Morgan fingerprint density at radius 2 is 1.97 bits per heavy atom. The largest absolute Gasteiger partial charge is 0.384 e. The Bertz CT molecular complexity index is 836. The maximum Gasteiger partial charge on any atom is 0.258 e. The van der Waals surface area contributed by atoms with E-state index in [9.17, 15) is 4.79 Å². The summed E-state index contributed by atoms with van der Waals surface area (Å²) in [5.74, 6) is 1.50. The summed E-state index contributed by atoms with van der Waals surface area (Å²) in [5.41, 5.74) is 2.72. The van der Waals surface area contributed by atoms with Gasteiger partial charge in [0, 0.05) is 30.8 Å². The number of benzene rings is 1. The van der Waals surface area contributed by atoms with Gasteiger partial charge in [-0.05, 0) is 56.0 Å². The van der Waals surface area contributed by atoms with Crippen molar-refractivity contribution < 1.29 is 4.79 Å². The van der Waals surface area contributed by atoms with Crippen molar-refractivity contribution in [2.24, 2.45) is 12.5 Å². The number of aryl methyl sites for hydroxylation is 1. The molecular weight excluding hydrogens is 388 g/mol. The number of nitrogens with one attached hydrogen (secondary N) is 3. The highest BCUT2D eigenvalue weighted by Crippen LogP contribution is 2.25. The summed E-state index contributed by atoms with van der Waals surface area (Å²) in [6.07, 6.45) is 2.05.